The van der Waals surface area contributed by atoms with Crippen molar-refractivity contribution >= 4 is 43.5 Å². The van der Waals surface area contributed by atoms with Crippen LogP contribution in [0.25, 0.3) is 0 Å². The molecule has 0 aliphatic heterocycles. The summed E-state index contributed by atoms with van der Waals surface area (Å²) < 4.78 is 6.47. The average Bonchev–Trinajstić information content (AvgIpc) is 2.49. The van der Waals surface area contributed by atoms with E-state index in [-0.39, 0.29) is 12.0 Å². The number of hydrogen-bond acceptors (Lipinski definition) is 3. The lowest BCUT2D eigenvalue weighted by Crippen LogP contribution is -2.12. The van der Waals surface area contributed by atoms with Crippen molar-refractivity contribution in [2.24, 2.45) is 0 Å². The van der Waals surface area contributed by atoms with Crippen molar-refractivity contribution in [2.75, 3.05) is 12.4 Å². The standard InChI is InChI=1S/C16H15Br2NO2/c1-10(11-6-4-3-5-7-11)19-15-13(16(20)21-2)8-12(17)9-14(15)18/h3-10,19H,1-2H3. The Morgan fingerprint density at radius 3 is 2.48 bits per heavy atom. The highest BCUT2D eigenvalue weighted by molar-refractivity contribution is 9.11. The van der Waals surface area contributed by atoms with Gasteiger partial charge in [0.05, 0.1) is 18.4 Å². The van der Waals surface area contributed by atoms with Gasteiger partial charge in [0.2, 0.25) is 0 Å². The van der Waals surface area contributed by atoms with E-state index in [0.717, 1.165) is 20.2 Å². The third-order valence-electron chi connectivity index (χ3n) is 3.12. The number of halogens is 2. The Morgan fingerprint density at radius 2 is 1.86 bits per heavy atom. The number of carbonyl (C=O) groups is 1. The summed E-state index contributed by atoms with van der Waals surface area (Å²) in [6.45, 7) is 2.05. The molecule has 0 saturated heterocycles. The minimum Gasteiger partial charge on any atom is -0.465 e. The molecular weight excluding hydrogens is 398 g/mol. The molecule has 1 N–H and O–H groups in total. The van der Waals surface area contributed by atoms with E-state index in [2.05, 4.69) is 37.2 Å². The Labute approximate surface area is 141 Å². The maximum atomic E-state index is 12.0. The van der Waals surface area contributed by atoms with E-state index in [1.54, 1.807) is 6.07 Å². The Morgan fingerprint density at radius 1 is 1.19 bits per heavy atom. The van der Waals surface area contributed by atoms with E-state index in [1.807, 2.05) is 43.3 Å². The molecule has 5 heteroatoms. The van der Waals surface area contributed by atoms with Gasteiger partial charge in [0.15, 0.2) is 0 Å². The maximum absolute atomic E-state index is 12.0. The summed E-state index contributed by atoms with van der Waals surface area (Å²) in [5, 5.41) is 3.37. The molecule has 1 atom stereocenters. The lowest BCUT2D eigenvalue weighted by Gasteiger charge is -2.19. The molecule has 0 spiro atoms. The first-order chi connectivity index (χ1) is 10.0. The van der Waals surface area contributed by atoms with Crippen molar-refractivity contribution in [1.82, 2.24) is 0 Å². The molecular formula is C16H15Br2NO2. The first-order valence-electron chi connectivity index (χ1n) is 6.41. The van der Waals surface area contributed by atoms with E-state index in [1.165, 1.54) is 7.11 Å². The van der Waals surface area contributed by atoms with Crippen LogP contribution in [0.1, 0.15) is 28.9 Å². The predicted molar refractivity (Wildman–Crippen MR) is 91.7 cm³/mol. The second-order valence-corrected chi connectivity index (χ2v) is 6.35. The van der Waals surface area contributed by atoms with Crippen molar-refractivity contribution in [3.63, 3.8) is 0 Å². The Bertz CT molecular complexity index is 644. The zero-order chi connectivity index (χ0) is 15.4. The van der Waals surface area contributed by atoms with E-state index >= 15 is 0 Å². The molecule has 0 saturated carbocycles. The molecule has 0 amide bonds. The van der Waals surface area contributed by atoms with Crippen molar-refractivity contribution in [2.45, 2.75) is 13.0 Å². The number of methoxy groups -OCH3 is 1. The van der Waals surface area contributed by atoms with Crippen LogP contribution < -0.4 is 5.32 Å². The molecule has 2 aromatic carbocycles. The zero-order valence-corrected chi connectivity index (χ0v) is 14.9. The van der Waals surface area contributed by atoms with Crippen LogP contribution in [0.15, 0.2) is 51.4 Å². The monoisotopic (exact) mass is 411 g/mol. The third kappa shape index (κ3) is 3.86. The van der Waals surface area contributed by atoms with Gasteiger partial charge in [-0.15, -0.1) is 0 Å². The smallest absolute Gasteiger partial charge is 0.340 e. The number of rotatable bonds is 4. The fraction of sp³-hybridized carbons (Fsp3) is 0.188. The molecule has 110 valence electrons. The van der Waals surface area contributed by atoms with Gasteiger partial charge in [-0.3, -0.25) is 0 Å². The summed E-state index contributed by atoms with van der Waals surface area (Å²) in [6.07, 6.45) is 0. The molecule has 2 aromatic rings. The quantitative estimate of drug-likeness (QED) is 0.703. The first kappa shape index (κ1) is 16.0. The molecule has 0 bridgehead atoms. The summed E-state index contributed by atoms with van der Waals surface area (Å²) in [7, 11) is 1.38. The molecule has 0 aromatic heterocycles. The van der Waals surface area contributed by atoms with Crippen LogP contribution in [0, 0.1) is 0 Å². The van der Waals surface area contributed by atoms with Gasteiger partial charge < -0.3 is 10.1 Å². The second-order valence-electron chi connectivity index (χ2n) is 4.58. The van der Waals surface area contributed by atoms with Gasteiger partial charge in [-0.2, -0.15) is 0 Å². The van der Waals surface area contributed by atoms with Crippen molar-refractivity contribution in [1.29, 1.82) is 0 Å². The SMILES string of the molecule is COC(=O)c1cc(Br)cc(Br)c1NC(C)c1ccccc1. The van der Waals surface area contributed by atoms with E-state index in [0.29, 0.717) is 5.56 Å². The number of ether oxygens (including phenoxy) is 1. The highest BCUT2D eigenvalue weighted by Crippen LogP contribution is 2.33. The number of carbonyl (C=O) groups excluding carboxylic acids is 1. The van der Waals surface area contributed by atoms with Gasteiger partial charge in [-0.05, 0) is 40.5 Å². The highest BCUT2D eigenvalue weighted by atomic mass is 79.9. The average molecular weight is 413 g/mol. The van der Waals surface area contributed by atoms with Gasteiger partial charge >= 0.3 is 5.97 Å². The summed E-state index contributed by atoms with van der Waals surface area (Å²) in [6, 6.07) is 13.8. The van der Waals surface area contributed by atoms with Crippen LogP contribution in [0.5, 0.6) is 0 Å². The van der Waals surface area contributed by atoms with E-state index in [4.69, 9.17) is 4.74 Å². The van der Waals surface area contributed by atoms with Gasteiger partial charge in [-0.25, -0.2) is 4.79 Å². The molecule has 1 unspecified atom stereocenters. The minimum atomic E-state index is -0.375. The molecule has 0 aliphatic rings. The number of anilines is 1. The summed E-state index contributed by atoms with van der Waals surface area (Å²) >= 11 is 6.89. The van der Waals surface area contributed by atoms with Crippen LogP contribution in [0.2, 0.25) is 0 Å². The first-order valence-corrected chi connectivity index (χ1v) is 8.00. The van der Waals surface area contributed by atoms with Crippen LogP contribution in [-0.4, -0.2) is 13.1 Å². The lowest BCUT2D eigenvalue weighted by atomic mass is 10.1. The Kier molecular flexibility index (Phi) is 5.42. The maximum Gasteiger partial charge on any atom is 0.340 e. The minimum absolute atomic E-state index is 0.0621. The second kappa shape index (κ2) is 7.09. The normalized spacial score (nSPS) is 11.8. The van der Waals surface area contributed by atoms with Crippen LogP contribution >= 0.6 is 31.9 Å². The molecule has 0 radical (unpaired) electrons. The summed E-state index contributed by atoms with van der Waals surface area (Å²) in [4.78, 5) is 12.0. The van der Waals surface area contributed by atoms with Gasteiger partial charge in [0.1, 0.15) is 0 Å². The Balaban J connectivity index is 2.37. The lowest BCUT2D eigenvalue weighted by molar-refractivity contribution is 0.0601. The van der Waals surface area contributed by atoms with Crippen molar-refractivity contribution < 1.29 is 9.53 Å². The van der Waals surface area contributed by atoms with Crippen LogP contribution in [0.3, 0.4) is 0 Å². The van der Waals surface area contributed by atoms with Gasteiger partial charge in [0, 0.05) is 15.0 Å². The number of nitrogens with one attached hydrogen (secondary N) is 1. The fourth-order valence-electron chi connectivity index (χ4n) is 2.03. The largest absolute Gasteiger partial charge is 0.465 e. The van der Waals surface area contributed by atoms with Crippen LogP contribution in [0.4, 0.5) is 5.69 Å². The summed E-state index contributed by atoms with van der Waals surface area (Å²) in [5.41, 5.74) is 2.35. The van der Waals surface area contributed by atoms with Crippen molar-refractivity contribution in [3.8, 4) is 0 Å². The molecule has 0 heterocycles. The fourth-order valence-corrected chi connectivity index (χ4v) is 3.37. The van der Waals surface area contributed by atoms with Gasteiger partial charge in [-0.1, -0.05) is 46.3 Å². The molecule has 3 nitrogen and oxygen atoms in total. The number of benzene rings is 2. The molecule has 0 aliphatic carbocycles. The summed E-state index contributed by atoms with van der Waals surface area (Å²) in [5.74, 6) is -0.375. The van der Waals surface area contributed by atoms with Gasteiger partial charge in [0.25, 0.3) is 0 Å². The zero-order valence-electron chi connectivity index (χ0n) is 11.7. The predicted octanol–water partition coefficient (Wildman–Crippen LogP) is 5.17. The van der Waals surface area contributed by atoms with E-state index < -0.39 is 0 Å². The van der Waals surface area contributed by atoms with E-state index in [9.17, 15) is 4.79 Å². The van der Waals surface area contributed by atoms with Crippen LogP contribution in [-0.2, 0) is 4.74 Å². The number of esters is 1. The molecule has 2 rings (SSSR count). The topological polar surface area (TPSA) is 38.3 Å². The molecule has 21 heavy (non-hydrogen) atoms. The van der Waals surface area contributed by atoms with Crippen molar-refractivity contribution in [3.05, 3.63) is 62.5 Å². The Hall–Kier alpha value is -1.33. The molecule has 0 fully saturated rings. The highest BCUT2D eigenvalue weighted by Gasteiger charge is 2.18. The number of hydrogen-bond donors (Lipinski definition) is 1. The third-order valence-corrected chi connectivity index (χ3v) is 4.20.